The summed E-state index contributed by atoms with van der Waals surface area (Å²) in [7, 11) is 0. The first-order valence-electron chi connectivity index (χ1n) is 8.65. The van der Waals surface area contributed by atoms with Crippen molar-refractivity contribution in [1.82, 2.24) is 14.6 Å². The van der Waals surface area contributed by atoms with Gasteiger partial charge in [-0.05, 0) is 42.7 Å². The molecule has 0 saturated carbocycles. The third-order valence-corrected chi connectivity index (χ3v) is 4.68. The first-order valence-corrected chi connectivity index (χ1v) is 10.3. The Morgan fingerprint density at radius 2 is 1.81 bits per heavy atom. The molecule has 2 heterocycles. The summed E-state index contributed by atoms with van der Waals surface area (Å²) >= 11 is 7.71. The maximum atomic E-state index is 6.00. The minimum absolute atomic E-state index is 0.482. The predicted octanol–water partition coefficient (Wildman–Crippen LogP) is 6.59. The molecule has 0 N–H and O–H groups in total. The van der Waals surface area contributed by atoms with Crippen LogP contribution >= 0.6 is 23.4 Å². The highest BCUT2D eigenvalue weighted by Crippen LogP contribution is 2.27. The Morgan fingerprint density at radius 3 is 2.59 bits per heavy atom. The van der Waals surface area contributed by atoms with Crippen molar-refractivity contribution in [2.45, 2.75) is 18.7 Å². The fourth-order valence-electron chi connectivity index (χ4n) is 2.54. The summed E-state index contributed by atoms with van der Waals surface area (Å²) in [6.45, 7) is 4.00. The van der Waals surface area contributed by atoms with Gasteiger partial charge in [-0.2, -0.15) is 0 Å². The number of ether oxygens (including phenoxy) is 1. The minimum Gasteiger partial charge on any atom is -0.438 e. The van der Waals surface area contributed by atoms with Crippen molar-refractivity contribution in [3.63, 3.8) is 0 Å². The number of rotatable bonds is 4. The van der Waals surface area contributed by atoms with Crippen LogP contribution in [0.4, 0.5) is 0 Å². The number of hydrogen-bond donors (Lipinski definition) is 0. The van der Waals surface area contributed by atoms with Gasteiger partial charge in [0.2, 0.25) is 5.88 Å². The van der Waals surface area contributed by atoms with E-state index in [1.54, 1.807) is 34.5 Å². The zero-order chi connectivity index (χ0) is 19.2. The number of thioether (sulfide) groups is 1. The molecule has 2 aromatic heterocycles. The molecule has 4 aromatic rings. The van der Waals surface area contributed by atoms with Crippen LogP contribution in [-0.2, 0) is 0 Å². The van der Waals surface area contributed by atoms with Crippen LogP contribution in [0.1, 0.15) is 13.8 Å². The Labute approximate surface area is 168 Å². The highest BCUT2D eigenvalue weighted by atomic mass is 35.5. The summed E-state index contributed by atoms with van der Waals surface area (Å²) < 4.78 is 7.62. The summed E-state index contributed by atoms with van der Waals surface area (Å²) in [6, 6.07) is 19.2. The Bertz CT molecular complexity index is 1050. The SMILES string of the molecule is CC.CSc1cccc(-c2cnc3ccc(Oc4cccc(Cl)c4)nn23)c1. The fourth-order valence-corrected chi connectivity index (χ4v) is 3.18. The van der Waals surface area contributed by atoms with E-state index in [1.165, 1.54) is 4.90 Å². The molecule has 27 heavy (non-hydrogen) atoms. The summed E-state index contributed by atoms with van der Waals surface area (Å²) in [5.41, 5.74) is 2.75. The van der Waals surface area contributed by atoms with Crippen LogP contribution in [0.25, 0.3) is 16.9 Å². The normalized spacial score (nSPS) is 10.4. The zero-order valence-electron chi connectivity index (χ0n) is 15.4. The molecule has 0 amide bonds. The maximum absolute atomic E-state index is 6.00. The topological polar surface area (TPSA) is 39.4 Å². The van der Waals surface area contributed by atoms with Crippen molar-refractivity contribution >= 4 is 29.0 Å². The van der Waals surface area contributed by atoms with Gasteiger partial charge in [0, 0.05) is 21.5 Å². The van der Waals surface area contributed by atoms with Crippen LogP contribution in [0.3, 0.4) is 0 Å². The number of hydrogen-bond acceptors (Lipinski definition) is 4. The molecule has 0 aliphatic carbocycles. The number of halogens is 1. The molecule has 0 radical (unpaired) electrons. The second-order valence-electron chi connectivity index (χ2n) is 5.38. The van der Waals surface area contributed by atoms with Gasteiger partial charge >= 0.3 is 0 Å². The Kier molecular flexibility index (Phi) is 6.37. The van der Waals surface area contributed by atoms with Gasteiger partial charge in [-0.25, -0.2) is 9.50 Å². The van der Waals surface area contributed by atoms with Crippen LogP contribution in [0.5, 0.6) is 11.6 Å². The summed E-state index contributed by atoms with van der Waals surface area (Å²) in [6.07, 6.45) is 3.88. The van der Waals surface area contributed by atoms with Gasteiger partial charge in [0.1, 0.15) is 5.75 Å². The molecule has 0 bridgehead atoms. The van der Waals surface area contributed by atoms with E-state index in [0.717, 1.165) is 16.9 Å². The quantitative estimate of drug-likeness (QED) is 0.364. The second kappa shape index (κ2) is 8.93. The van der Waals surface area contributed by atoms with E-state index in [9.17, 15) is 0 Å². The molecular weight excluding hydrogens is 378 g/mol. The Balaban J connectivity index is 0.00000102. The lowest BCUT2D eigenvalue weighted by atomic mass is 10.2. The van der Waals surface area contributed by atoms with Crippen molar-refractivity contribution < 1.29 is 4.74 Å². The van der Waals surface area contributed by atoms with Crippen molar-refractivity contribution in [2.24, 2.45) is 0 Å². The van der Waals surface area contributed by atoms with E-state index in [0.29, 0.717) is 16.7 Å². The van der Waals surface area contributed by atoms with E-state index in [1.807, 2.05) is 44.3 Å². The molecule has 0 fully saturated rings. The van der Waals surface area contributed by atoms with E-state index in [4.69, 9.17) is 16.3 Å². The third kappa shape index (κ3) is 4.43. The first-order chi connectivity index (χ1) is 13.2. The maximum Gasteiger partial charge on any atom is 0.237 e. The molecule has 0 spiro atoms. The lowest BCUT2D eigenvalue weighted by Crippen LogP contribution is -1.97. The molecule has 138 valence electrons. The smallest absolute Gasteiger partial charge is 0.237 e. The Hall–Kier alpha value is -2.50. The second-order valence-corrected chi connectivity index (χ2v) is 6.69. The molecule has 0 atom stereocenters. The van der Waals surface area contributed by atoms with Crippen molar-refractivity contribution in [3.05, 3.63) is 71.9 Å². The average Bonchev–Trinajstić information content (AvgIpc) is 3.13. The molecular formula is C21H20ClN3OS. The summed E-state index contributed by atoms with van der Waals surface area (Å²) in [5.74, 6) is 1.13. The number of nitrogens with zero attached hydrogens (tertiary/aromatic N) is 3. The first kappa shape index (κ1) is 19.3. The fraction of sp³-hybridized carbons (Fsp3) is 0.143. The van der Waals surface area contributed by atoms with E-state index in [2.05, 4.69) is 34.5 Å². The standard InChI is InChI=1S/C19H14ClN3OS.C2H6/c1-25-16-7-2-4-13(10-16)17-12-21-18-8-9-19(22-23(17)18)24-15-6-3-5-14(20)11-15;1-2/h2-12H,1H3;1-2H3. The van der Waals surface area contributed by atoms with Gasteiger partial charge in [0.15, 0.2) is 5.65 Å². The third-order valence-electron chi connectivity index (χ3n) is 3.72. The van der Waals surface area contributed by atoms with Crippen LogP contribution in [0, 0.1) is 0 Å². The van der Waals surface area contributed by atoms with E-state index >= 15 is 0 Å². The molecule has 0 aliphatic heterocycles. The number of imidazole rings is 1. The largest absolute Gasteiger partial charge is 0.438 e. The minimum atomic E-state index is 0.482. The monoisotopic (exact) mass is 397 g/mol. The lowest BCUT2D eigenvalue weighted by molar-refractivity contribution is 0.453. The van der Waals surface area contributed by atoms with Crippen LogP contribution < -0.4 is 4.74 Å². The average molecular weight is 398 g/mol. The molecule has 0 saturated heterocycles. The Morgan fingerprint density at radius 1 is 1.00 bits per heavy atom. The molecule has 4 rings (SSSR count). The number of aromatic nitrogens is 3. The van der Waals surface area contributed by atoms with Crippen molar-refractivity contribution in [1.29, 1.82) is 0 Å². The van der Waals surface area contributed by atoms with E-state index < -0.39 is 0 Å². The number of benzene rings is 2. The van der Waals surface area contributed by atoms with Crippen molar-refractivity contribution in [2.75, 3.05) is 6.26 Å². The van der Waals surface area contributed by atoms with Gasteiger partial charge < -0.3 is 4.74 Å². The lowest BCUT2D eigenvalue weighted by Gasteiger charge is -2.07. The predicted molar refractivity (Wildman–Crippen MR) is 113 cm³/mol. The molecule has 6 heteroatoms. The molecule has 4 nitrogen and oxygen atoms in total. The summed E-state index contributed by atoms with van der Waals surface area (Å²) in [4.78, 5) is 5.62. The zero-order valence-corrected chi connectivity index (χ0v) is 17.0. The highest BCUT2D eigenvalue weighted by Gasteiger charge is 2.09. The molecule has 0 unspecified atom stereocenters. The van der Waals surface area contributed by atoms with Crippen LogP contribution in [0.2, 0.25) is 5.02 Å². The van der Waals surface area contributed by atoms with Gasteiger partial charge in [-0.1, -0.05) is 43.6 Å². The highest BCUT2D eigenvalue weighted by molar-refractivity contribution is 7.98. The van der Waals surface area contributed by atoms with Gasteiger partial charge in [0.25, 0.3) is 0 Å². The van der Waals surface area contributed by atoms with Gasteiger partial charge in [-0.3, -0.25) is 0 Å². The van der Waals surface area contributed by atoms with E-state index in [-0.39, 0.29) is 0 Å². The van der Waals surface area contributed by atoms with Gasteiger partial charge in [0.05, 0.1) is 11.9 Å². The van der Waals surface area contributed by atoms with Gasteiger partial charge in [-0.15, -0.1) is 16.9 Å². The molecule has 0 aliphatic rings. The molecule has 2 aromatic carbocycles. The van der Waals surface area contributed by atoms with Crippen molar-refractivity contribution in [3.8, 4) is 22.9 Å². The van der Waals surface area contributed by atoms with Crippen LogP contribution in [-0.4, -0.2) is 20.9 Å². The number of fused-ring (bicyclic) bond motifs is 1. The van der Waals surface area contributed by atoms with Crippen LogP contribution in [0.15, 0.2) is 71.8 Å². The summed E-state index contributed by atoms with van der Waals surface area (Å²) in [5, 5.41) is 5.20.